The van der Waals surface area contributed by atoms with Crippen molar-refractivity contribution >= 4 is 11.8 Å². The topological polar surface area (TPSA) is 81.6 Å². The van der Waals surface area contributed by atoms with E-state index in [0.29, 0.717) is 12.4 Å². The second kappa shape index (κ2) is 5.40. The highest BCUT2D eigenvalue weighted by Gasteiger charge is 2.04. The fourth-order valence-corrected chi connectivity index (χ4v) is 1.95. The normalized spacial score (nSPS) is 10.4. The number of anilines is 2. The largest absolute Gasteiger partial charge is 0.368 e. The minimum absolute atomic E-state index is 0.260. The van der Waals surface area contributed by atoms with Gasteiger partial charge in [-0.05, 0) is 23.8 Å². The standard InChI is InChI=1S/C14H14N6/c15-14-16-8-6-13(19-14)17-10-11-4-1-2-5-12(11)20-9-3-7-18-20/h1-9H,10H2,(H3,15,16,17,19). The Balaban J connectivity index is 1.81. The average molecular weight is 266 g/mol. The van der Waals surface area contributed by atoms with Crippen LogP contribution in [0.2, 0.25) is 0 Å². The lowest BCUT2D eigenvalue weighted by Gasteiger charge is -2.11. The maximum Gasteiger partial charge on any atom is 0.221 e. The summed E-state index contributed by atoms with van der Waals surface area (Å²) in [6.07, 6.45) is 5.31. The fraction of sp³-hybridized carbons (Fsp3) is 0.0714. The Bertz CT molecular complexity index is 692. The molecule has 3 rings (SSSR count). The molecule has 2 heterocycles. The zero-order valence-corrected chi connectivity index (χ0v) is 10.8. The van der Waals surface area contributed by atoms with Crippen molar-refractivity contribution in [2.24, 2.45) is 0 Å². The highest BCUT2D eigenvalue weighted by molar-refractivity contribution is 5.44. The molecule has 0 radical (unpaired) electrons. The summed E-state index contributed by atoms with van der Waals surface area (Å²) in [5.74, 6) is 0.961. The molecule has 0 unspecified atom stereocenters. The predicted molar refractivity (Wildman–Crippen MR) is 77.3 cm³/mol. The van der Waals surface area contributed by atoms with Gasteiger partial charge in [0, 0.05) is 25.1 Å². The summed E-state index contributed by atoms with van der Waals surface area (Å²) >= 11 is 0. The molecule has 0 aliphatic carbocycles. The molecule has 100 valence electrons. The second-order valence-corrected chi connectivity index (χ2v) is 4.23. The van der Waals surface area contributed by atoms with Gasteiger partial charge >= 0.3 is 0 Å². The Morgan fingerprint density at radius 1 is 1.10 bits per heavy atom. The third kappa shape index (κ3) is 2.59. The van der Waals surface area contributed by atoms with Crippen molar-refractivity contribution in [3.8, 4) is 5.69 Å². The van der Waals surface area contributed by atoms with Crippen LogP contribution in [0.25, 0.3) is 5.69 Å². The molecule has 0 saturated carbocycles. The molecular formula is C14H14N6. The number of nitrogens with two attached hydrogens (primary N) is 1. The first-order chi connectivity index (χ1) is 9.83. The zero-order chi connectivity index (χ0) is 13.8. The number of hydrogen-bond acceptors (Lipinski definition) is 5. The zero-order valence-electron chi connectivity index (χ0n) is 10.8. The van der Waals surface area contributed by atoms with Crippen LogP contribution >= 0.6 is 0 Å². The molecule has 6 heteroatoms. The SMILES string of the molecule is Nc1nccc(NCc2ccccc2-n2cccn2)n1. The predicted octanol–water partition coefficient (Wildman–Crippen LogP) is 1.86. The monoisotopic (exact) mass is 266 g/mol. The molecule has 0 fully saturated rings. The Morgan fingerprint density at radius 3 is 2.80 bits per heavy atom. The number of nitrogen functional groups attached to an aromatic ring is 1. The third-order valence-electron chi connectivity index (χ3n) is 2.88. The van der Waals surface area contributed by atoms with Gasteiger partial charge in [0.25, 0.3) is 0 Å². The van der Waals surface area contributed by atoms with E-state index in [-0.39, 0.29) is 5.95 Å². The van der Waals surface area contributed by atoms with E-state index in [2.05, 4.69) is 26.4 Å². The molecule has 0 bridgehead atoms. The van der Waals surface area contributed by atoms with Crippen molar-refractivity contribution in [3.05, 3.63) is 60.6 Å². The van der Waals surface area contributed by atoms with E-state index < -0.39 is 0 Å². The van der Waals surface area contributed by atoms with E-state index in [1.54, 1.807) is 18.5 Å². The van der Waals surface area contributed by atoms with Gasteiger partial charge in [-0.15, -0.1) is 0 Å². The molecule has 0 amide bonds. The van der Waals surface area contributed by atoms with Crippen LogP contribution in [0, 0.1) is 0 Å². The van der Waals surface area contributed by atoms with Crippen LogP contribution in [0.4, 0.5) is 11.8 Å². The van der Waals surface area contributed by atoms with Crippen molar-refractivity contribution in [1.82, 2.24) is 19.7 Å². The summed E-state index contributed by atoms with van der Waals surface area (Å²) in [6, 6.07) is 11.7. The molecular weight excluding hydrogens is 252 g/mol. The van der Waals surface area contributed by atoms with Gasteiger partial charge in [0.15, 0.2) is 0 Å². The van der Waals surface area contributed by atoms with Gasteiger partial charge in [-0.3, -0.25) is 0 Å². The minimum Gasteiger partial charge on any atom is -0.368 e. The summed E-state index contributed by atoms with van der Waals surface area (Å²) in [7, 11) is 0. The first-order valence-corrected chi connectivity index (χ1v) is 6.23. The smallest absolute Gasteiger partial charge is 0.221 e. The lowest BCUT2D eigenvalue weighted by Crippen LogP contribution is -2.07. The molecule has 0 atom stereocenters. The van der Waals surface area contributed by atoms with Crippen LogP contribution in [0.1, 0.15) is 5.56 Å². The minimum atomic E-state index is 0.260. The van der Waals surface area contributed by atoms with Crippen molar-refractivity contribution in [2.75, 3.05) is 11.1 Å². The van der Waals surface area contributed by atoms with Crippen molar-refractivity contribution in [1.29, 1.82) is 0 Å². The quantitative estimate of drug-likeness (QED) is 0.753. The molecule has 6 nitrogen and oxygen atoms in total. The van der Waals surface area contributed by atoms with Crippen molar-refractivity contribution in [3.63, 3.8) is 0 Å². The molecule has 0 spiro atoms. The third-order valence-corrected chi connectivity index (χ3v) is 2.88. The van der Waals surface area contributed by atoms with E-state index in [0.717, 1.165) is 11.3 Å². The van der Waals surface area contributed by atoms with Crippen LogP contribution in [-0.4, -0.2) is 19.7 Å². The van der Waals surface area contributed by atoms with E-state index >= 15 is 0 Å². The van der Waals surface area contributed by atoms with Gasteiger partial charge in [-0.2, -0.15) is 10.1 Å². The number of para-hydroxylation sites is 1. The summed E-state index contributed by atoms with van der Waals surface area (Å²) in [6.45, 7) is 0.631. The van der Waals surface area contributed by atoms with E-state index in [4.69, 9.17) is 5.73 Å². The summed E-state index contributed by atoms with van der Waals surface area (Å²) in [5, 5.41) is 7.49. The first kappa shape index (κ1) is 12.2. The Hall–Kier alpha value is -2.89. The number of rotatable bonds is 4. The van der Waals surface area contributed by atoms with Crippen molar-refractivity contribution in [2.45, 2.75) is 6.54 Å². The van der Waals surface area contributed by atoms with Crippen LogP contribution in [0.5, 0.6) is 0 Å². The van der Waals surface area contributed by atoms with Gasteiger partial charge in [0.05, 0.1) is 5.69 Å². The highest BCUT2D eigenvalue weighted by Crippen LogP contribution is 2.15. The molecule has 1 aromatic carbocycles. The summed E-state index contributed by atoms with van der Waals surface area (Å²) < 4.78 is 1.84. The Labute approximate surface area is 116 Å². The molecule has 0 aliphatic rings. The van der Waals surface area contributed by atoms with Gasteiger partial charge in [-0.25, -0.2) is 9.67 Å². The molecule has 0 aliphatic heterocycles. The van der Waals surface area contributed by atoms with Crippen LogP contribution in [-0.2, 0) is 6.54 Å². The average Bonchev–Trinajstić information content (AvgIpc) is 3.00. The molecule has 3 aromatic rings. The van der Waals surface area contributed by atoms with E-state index in [1.165, 1.54) is 0 Å². The maximum absolute atomic E-state index is 5.56. The number of benzene rings is 1. The number of nitrogens with one attached hydrogen (secondary N) is 1. The van der Waals surface area contributed by atoms with Crippen LogP contribution in [0.15, 0.2) is 55.0 Å². The lowest BCUT2D eigenvalue weighted by molar-refractivity contribution is 0.863. The highest BCUT2D eigenvalue weighted by atomic mass is 15.3. The fourth-order valence-electron chi connectivity index (χ4n) is 1.95. The molecule has 20 heavy (non-hydrogen) atoms. The number of aromatic nitrogens is 4. The maximum atomic E-state index is 5.56. The summed E-state index contributed by atoms with van der Waals surface area (Å²) in [4.78, 5) is 7.98. The van der Waals surface area contributed by atoms with Gasteiger partial charge in [0.2, 0.25) is 5.95 Å². The second-order valence-electron chi connectivity index (χ2n) is 4.23. The number of hydrogen-bond donors (Lipinski definition) is 2. The van der Waals surface area contributed by atoms with E-state index in [9.17, 15) is 0 Å². The van der Waals surface area contributed by atoms with Crippen LogP contribution in [0.3, 0.4) is 0 Å². The summed E-state index contributed by atoms with van der Waals surface area (Å²) in [5.41, 5.74) is 7.71. The van der Waals surface area contributed by atoms with E-state index in [1.807, 2.05) is 35.1 Å². The molecule has 2 aromatic heterocycles. The van der Waals surface area contributed by atoms with Gasteiger partial charge < -0.3 is 11.1 Å². The molecule has 3 N–H and O–H groups in total. The lowest BCUT2D eigenvalue weighted by atomic mass is 10.2. The number of nitrogens with zero attached hydrogens (tertiary/aromatic N) is 4. The van der Waals surface area contributed by atoms with Crippen molar-refractivity contribution < 1.29 is 0 Å². The van der Waals surface area contributed by atoms with Gasteiger partial charge in [0.1, 0.15) is 5.82 Å². The Morgan fingerprint density at radius 2 is 2.00 bits per heavy atom. The Kier molecular flexibility index (Phi) is 3.28. The van der Waals surface area contributed by atoms with Gasteiger partial charge in [-0.1, -0.05) is 18.2 Å². The van der Waals surface area contributed by atoms with Crippen LogP contribution < -0.4 is 11.1 Å². The first-order valence-electron chi connectivity index (χ1n) is 6.23. The molecule has 0 saturated heterocycles.